The van der Waals surface area contributed by atoms with E-state index < -0.39 is 18.0 Å². The van der Waals surface area contributed by atoms with Crippen molar-refractivity contribution in [3.8, 4) is 0 Å². The van der Waals surface area contributed by atoms with Gasteiger partial charge in [-0.2, -0.15) is 0 Å². The molecule has 0 aromatic heterocycles. The topological polar surface area (TPSA) is 102 Å². The van der Waals surface area contributed by atoms with Crippen LogP contribution in [-0.4, -0.2) is 29.7 Å². The zero-order valence-corrected chi connectivity index (χ0v) is 16.2. The van der Waals surface area contributed by atoms with Crippen LogP contribution in [0.5, 0.6) is 0 Å². The largest absolute Gasteiger partial charge is 0.452 e. The van der Waals surface area contributed by atoms with E-state index in [1.165, 1.54) is 13.8 Å². The van der Waals surface area contributed by atoms with Gasteiger partial charge in [-0.25, -0.2) is 0 Å². The molecule has 2 aliphatic carbocycles. The first-order valence-electron chi connectivity index (χ1n) is 9.76. The molecule has 0 spiro atoms. The number of benzene rings is 1. The summed E-state index contributed by atoms with van der Waals surface area (Å²) in [5.41, 5.74) is 1.17. The van der Waals surface area contributed by atoms with E-state index in [-0.39, 0.29) is 23.7 Å². The van der Waals surface area contributed by atoms with Crippen molar-refractivity contribution < 1.29 is 23.9 Å². The fourth-order valence-electron chi connectivity index (χ4n) is 4.08. The molecule has 2 amide bonds. The molecule has 2 aliphatic rings. The lowest BCUT2D eigenvalue weighted by Crippen LogP contribution is -2.41. The fraction of sp³-hybridized carbons (Fsp3) is 0.524. The molecule has 1 unspecified atom stereocenters. The summed E-state index contributed by atoms with van der Waals surface area (Å²) in [5.74, 6) is -1.07. The van der Waals surface area contributed by atoms with Crippen LogP contribution in [0.4, 0.5) is 11.4 Å². The van der Waals surface area contributed by atoms with E-state index in [0.717, 1.165) is 19.3 Å². The Morgan fingerprint density at radius 3 is 2.07 bits per heavy atom. The van der Waals surface area contributed by atoms with Gasteiger partial charge < -0.3 is 15.4 Å². The smallest absolute Gasteiger partial charge is 0.309 e. The fourth-order valence-corrected chi connectivity index (χ4v) is 4.08. The molecule has 1 aromatic carbocycles. The van der Waals surface area contributed by atoms with Crippen molar-refractivity contribution in [3.63, 3.8) is 0 Å². The van der Waals surface area contributed by atoms with Crippen LogP contribution in [0.15, 0.2) is 24.3 Å². The van der Waals surface area contributed by atoms with Crippen LogP contribution < -0.4 is 10.6 Å². The minimum absolute atomic E-state index is 0.0312. The maximum atomic E-state index is 12.5. The first-order chi connectivity index (χ1) is 13.3. The second kappa shape index (κ2) is 8.54. The quantitative estimate of drug-likeness (QED) is 0.758. The third-order valence-corrected chi connectivity index (χ3v) is 5.52. The van der Waals surface area contributed by atoms with Gasteiger partial charge in [0, 0.05) is 30.1 Å². The van der Waals surface area contributed by atoms with E-state index in [1.54, 1.807) is 24.3 Å². The van der Waals surface area contributed by atoms with Gasteiger partial charge in [0.2, 0.25) is 5.91 Å². The van der Waals surface area contributed by atoms with Gasteiger partial charge in [0.1, 0.15) is 5.78 Å². The highest BCUT2D eigenvalue weighted by Gasteiger charge is 2.42. The monoisotopic (exact) mass is 386 g/mol. The number of esters is 1. The van der Waals surface area contributed by atoms with Crippen molar-refractivity contribution in [2.24, 2.45) is 17.8 Å². The molecule has 2 fully saturated rings. The SMILES string of the molecule is CC(=O)Nc1ccc(NC(=O)[C@H](C)OC(=O)C2C[C@H]3CCC[C@@H](C2)C3=O)cc1. The Kier molecular flexibility index (Phi) is 6.11. The Morgan fingerprint density at radius 1 is 1.00 bits per heavy atom. The number of hydrogen-bond acceptors (Lipinski definition) is 5. The summed E-state index contributed by atoms with van der Waals surface area (Å²) in [6.45, 7) is 2.95. The number of hydrogen-bond donors (Lipinski definition) is 2. The second-order valence-electron chi connectivity index (χ2n) is 7.72. The summed E-state index contributed by atoms with van der Waals surface area (Å²) >= 11 is 0. The normalized spacial score (nSPS) is 24.8. The highest BCUT2D eigenvalue weighted by atomic mass is 16.5. The van der Waals surface area contributed by atoms with Crippen molar-refractivity contribution in [1.82, 2.24) is 0 Å². The third kappa shape index (κ3) is 4.77. The van der Waals surface area contributed by atoms with Gasteiger partial charge in [0.05, 0.1) is 5.92 Å². The second-order valence-corrected chi connectivity index (χ2v) is 7.72. The van der Waals surface area contributed by atoms with Crippen molar-refractivity contribution in [2.75, 3.05) is 10.6 Å². The van der Waals surface area contributed by atoms with Gasteiger partial charge in [-0.3, -0.25) is 19.2 Å². The van der Waals surface area contributed by atoms with Crippen LogP contribution in [0, 0.1) is 17.8 Å². The summed E-state index contributed by atoms with van der Waals surface area (Å²) in [7, 11) is 0. The molecule has 2 saturated carbocycles. The van der Waals surface area contributed by atoms with Crippen molar-refractivity contribution >= 4 is 34.9 Å². The molecule has 28 heavy (non-hydrogen) atoms. The predicted octanol–water partition coefficient (Wildman–Crippen LogP) is 2.91. The Hall–Kier alpha value is -2.70. The van der Waals surface area contributed by atoms with Crippen molar-refractivity contribution in [3.05, 3.63) is 24.3 Å². The number of fused-ring (bicyclic) bond motifs is 2. The summed E-state index contributed by atoms with van der Waals surface area (Å²) in [6, 6.07) is 6.66. The van der Waals surface area contributed by atoms with Gasteiger partial charge in [-0.05, 0) is 56.9 Å². The third-order valence-electron chi connectivity index (χ3n) is 5.52. The first kappa shape index (κ1) is 20.0. The number of carbonyl (C=O) groups excluding carboxylic acids is 4. The highest BCUT2D eigenvalue weighted by molar-refractivity contribution is 5.96. The summed E-state index contributed by atoms with van der Waals surface area (Å²) in [5, 5.41) is 5.34. The van der Waals surface area contributed by atoms with Gasteiger partial charge in [-0.1, -0.05) is 6.42 Å². The molecule has 0 saturated heterocycles. The minimum Gasteiger partial charge on any atom is -0.452 e. The number of nitrogens with one attached hydrogen (secondary N) is 2. The molecule has 2 bridgehead atoms. The maximum Gasteiger partial charge on any atom is 0.309 e. The van der Waals surface area contributed by atoms with Gasteiger partial charge >= 0.3 is 5.97 Å². The van der Waals surface area contributed by atoms with Crippen LogP contribution in [0.25, 0.3) is 0 Å². The van der Waals surface area contributed by atoms with Crippen LogP contribution in [-0.2, 0) is 23.9 Å². The summed E-state index contributed by atoms with van der Waals surface area (Å²) < 4.78 is 5.38. The van der Waals surface area contributed by atoms with E-state index in [0.29, 0.717) is 30.0 Å². The van der Waals surface area contributed by atoms with E-state index >= 15 is 0 Å². The average Bonchev–Trinajstić information content (AvgIpc) is 2.62. The number of ketones is 1. The summed E-state index contributed by atoms with van der Waals surface area (Å²) in [4.78, 5) is 48.0. The van der Waals surface area contributed by atoms with Crippen LogP contribution in [0.3, 0.4) is 0 Å². The molecular weight excluding hydrogens is 360 g/mol. The summed E-state index contributed by atoms with van der Waals surface area (Å²) in [6.07, 6.45) is 2.88. The number of amides is 2. The van der Waals surface area contributed by atoms with Gasteiger partial charge in [-0.15, -0.1) is 0 Å². The van der Waals surface area contributed by atoms with E-state index in [2.05, 4.69) is 10.6 Å². The Balaban J connectivity index is 1.51. The molecule has 4 atom stereocenters. The number of Topliss-reactive ketones (excluding diaryl/α,β-unsaturated/α-hetero) is 1. The van der Waals surface area contributed by atoms with Crippen LogP contribution in [0.1, 0.15) is 46.0 Å². The maximum absolute atomic E-state index is 12.5. The predicted molar refractivity (Wildman–Crippen MR) is 103 cm³/mol. The molecule has 0 radical (unpaired) electrons. The molecule has 7 heteroatoms. The van der Waals surface area contributed by atoms with Crippen LogP contribution >= 0.6 is 0 Å². The van der Waals surface area contributed by atoms with Gasteiger partial charge in [0.25, 0.3) is 5.91 Å². The zero-order chi connectivity index (χ0) is 20.3. The Bertz CT molecular complexity index is 758. The lowest BCUT2D eigenvalue weighted by Gasteiger charge is -2.36. The number of carbonyl (C=O) groups is 4. The molecule has 2 N–H and O–H groups in total. The molecule has 1 aromatic rings. The average molecular weight is 386 g/mol. The molecule has 0 heterocycles. The lowest BCUT2D eigenvalue weighted by molar-refractivity contribution is -0.161. The molecule has 0 aliphatic heterocycles. The number of anilines is 2. The van der Waals surface area contributed by atoms with Crippen LogP contribution in [0.2, 0.25) is 0 Å². The van der Waals surface area contributed by atoms with E-state index in [4.69, 9.17) is 4.74 Å². The lowest BCUT2D eigenvalue weighted by atomic mass is 9.67. The Morgan fingerprint density at radius 2 is 1.54 bits per heavy atom. The van der Waals surface area contributed by atoms with E-state index in [9.17, 15) is 19.2 Å². The van der Waals surface area contributed by atoms with Crippen molar-refractivity contribution in [1.29, 1.82) is 0 Å². The Labute approximate surface area is 164 Å². The minimum atomic E-state index is -0.931. The first-order valence-corrected chi connectivity index (χ1v) is 9.76. The molecule has 150 valence electrons. The number of ether oxygens (including phenoxy) is 1. The van der Waals surface area contributed by atoms with Crippen molar-refractivity contribution in [2.45, 2.75) is 52.1 Å². The van der Waals surface area contributed by atoms with E-state index in [1.807, 2.05) is 0 Å². The standard InChI is InChI=1S/C21H26N2O5/c1-12(20(26)23-18-8-6-17(7-9-18)22-13(2)24)28-21(27)16-10-14-4-3-5-15(11-16)19(14)25/h6-9,12,14-16H,3-5,10-11H2,1-2H3,(H,22,24)(H,23,26)/t12-,14-,15+,16?/m0/s1. The molecule has 3 rings (SSSR count). The van der Waals surface area contributed by atoms with Gasteiger partial charge in [0.15, 0.2) is 6.10 Å². The molecule has 7 nitrogen and oxygen atoms in total. The molecular formula is C21H26N2O5. The number of rotatable bonds is 5. The highest BCUT2D eigenvalue weighted by Crippen LogP contribution is 2.40. The zero-order valence-electron chi connectivity index (χ0n) is 16.2.